The molecule has 0 aromatic heterocycles. The van der Waals surface area contributed by atoms with E-state index in [1.807, 2.05) is 12.1 Å². The highest BCUT2D eigenvalue weighted by atomic mass is 16.1. The molecule has 1 amide bonds. The van der Waals surface area contributed by atoms with Crippen LogP contribution in [-0.4, -0.2) is 32.1 Å². The fraction of sp³-hybridized carbons (Fsp3) is 0.588. The van der Waals surface area contributed by atoms with E-state index in [4.69, 9.17) is 5.73 Å². The maximum Gasteiger partial charge on any atom is 0.250 e. The van der Waals surface area contributed by atoms with Crippen molar-refractivity contribution < 1.29 is 4.79 Å². The molecule has 3 N–H and O–H groups in total. The van der Waals surface area contributed by atoms with Crippen LogP contribution in [0.25, 0.3) is 0 Å². The molecule has 1 aliphatic rings. The van der Waals surface area contributed by atoms with Crippen LogP contribution in [0.4, 0.5) is 5.69 Å². The summed E-state index contributed by atoms with van der Waals surface area (Å²) >= 11 is 0. The van der Waals surface area contributed by atoms with E-state index in [1.165, 1.54) is 12.8 Å². The summed E-state index contributed by atoms with van der Waals surface area (Å²) in [5, 5.41) is 3.46. The summed E-state index contributed by atoms with van der Waals surface area (Å²) in [6.07, 6.45) is 3.55. The third-order valence-electron chi connectivity index (χ3n) is 4.13. The molecule has 0 aliphatic carbocycles. The molecular weight excluding hydrogens is 262 g/mol. The Hall–Kier alpha value is -1.55. The van der Waals surface area contributed by atoms with Gasteiger partial charge in [0.15, 0.2) is 0 Å². The summed E-state index contributed by atoms with van der Waals surface area (Å²) in [6, 6.07) is 5.90. The molecule has 1 fully saturated rings. The van der Waals surface area contributed by atoms with Gasteiger partial charge in [0.1, 0.15) is 0 Å². The number of anilines is 1. The number of amides is 1. The first-order valence-electron chi connectivity index (χ1n) is 7.98. The minimum atomic E-state index is -0.340. The zero-order chi connectivity index (χ0) is 15.2. The Morgan fingerprint density at radius 3 is 2.90 bits per heavy atom. The predicted molar refractivity (Wildman–Crippen MR) is 87.8 cm³/mol. The summed E-state index contributed by atoms with van der Waals surface area (Å²) in [4.78, 5) is 14.1. The van der Waals surface area contributed by atoms with Gasteiger partial charge in [0.2, 0.25) is 0 Å². The van der Waals surface area contributed by atoms with E-state index in [-0.39, 0.29) is 5.91 Å². The molecule has 0 spiro atoms. The summed E-state index contributed by atoms with van der Waals surface area (Å²) in [5.41, 5.74) is 8.35. The Balaban J connectivity index is 2.23. The van der Waals surface area contributed by atoms with Crippen LogP contribution >= 0.6 is 0 Å². The topological polar surface area (TPSA) is 58.4 Å². The van der Waals surface area contributed by atoms with Crippen molar-refractivity contribution >= 4 is 11.6 Å². The van der Waals surface area contributed by atoms with E-state index in [2.05, 4.69) is 30.1 Å². The van der Waals surface area contributed by atoms with Gasteiger partial charge in [-0.05, 0) is 62.9 Å². The minimum Gasteiger partial charge on any atom is -0.371 e. The van der Waals surface area contributed by atoms with Crippen molar-refractivity contribution in [2.45, 2.75) is 33.1 Å². The molecule has 4 nitrogen and oxygen atoms in total. The quantitative estimate of drug-likeness (QED) is 0.845. The second-order valence-electron chi connectivity index (χ2n) is 6.04. The van der Waals surface area contributed by atoms with Crippen LogP contribution in [0.5, 0.6) is 0 Å². The first kappa shape index (κ1) is 15.8. The standard InChI is InChI=1S/C17H27N3O/c1-3-9-20(12-14-5-4-8-19-11-14)16-10-13(2)6-7-15(16)17(18)21/h6-7,10,14,19H,3-5,8-9,11-12H2,1-2H3,(H2,18,21). The smallest absolute Gasteiger partial charge is 0.250 e. The van der Waals surface area contributed by atoms with E-state index in [1.54, 1.807) is 0 Å². The molecule has 0 radical (unpaired) electrons. The highest BCUT2D eigenvalue weighted by Crippen LogP contribution is 2.25. The van der Waals surface area contributed by atoms with Gasteiger partial charge in [-0.15, -0.1) is 0 Å². The van der Waals surface area contributed by atoms with Crippen LogP contribution in [0.3, 0.4) is 0 Å². The number of carbonyl (C=O) groups excluding carboxylic acids is 1. The molecule has 1 atom stereocenters. The first-order chi connectivity index (χ1) is 10.1. The Kier molecular flexibility index (Phi) is 5.62. The van der Waals surface area contributed by atoms with Gasteiger partial charge in [0, 0.05) is 18.8 Å². The van der Waals surface area contributed by atoms with Gasteiger partial charge < -0.3 is 16.0 Å². The van der Waals surface area contributed by atoms with Gasteiger partial charge >= 0.3 is 0 Å². The van der Waals surface area contributed by atoms with Gasteiger partial charge in [-0.25, -0.2) is 0 Å². The van der Waals surface area contributed by atoms with E-state index >= 15 is 0 Å². The molecule has 2 rings (SSSR count). The second-order valence-corrected chi connectivity index (χ2v) is 6.04. The van der Waals surface area contributed by atoms with E-state index < -0.39 is 0 Å². The highest BCUT2D eigenvalue weighted by Gasteiger charge is 2.20. The summed E-state index contributed by atoms with van der Waals surface area (Å²) in [6.45, 7) is 8.37. The van der Waals surface area contributed by atoms with Gasteiger partial charge in [-0.2, -0.15) is 0 Å². The average molecular weight is 289 g/mol. The van der Waals surface area contributed by atoms with Gasteiger partial charge in [0.25, 0.3) is 5.91 Å². The Bertz CT molecular complexity index is 481. The molecule has 1 saturated heterocycles. The van der Waals surface area contributed by atoms with Crippen LogP contribution in [0.1, 0.15) is 42.1 Å². The normalized spacial score (nSPS) is 18.5. The third kappa shape index (κ3) is 4.21. The molecule has 1 aromatic rings. The SMILES string of the molecule is CCCN(CC1CCCNC1)c1cc(C)ccc1C(N)=O. The first-order valence-corrected chi connectivity index (χ1v) is 7.98. The fourth-order valence-electron chi connectivity index (χ4n) is 3.08. The van der Waals surface area contributed by atoms with Crippen LogP contribution < -0.4 is 16.0 Å². The van der Waals surface area contributed by atoms with Crippen molar-refractivity contribution in [2.75, 3.05) is 31.1 Å². The number of aryl methyl sites for hydroxylation is 1. The number of nitrogens with zero attached hydrogens (tertiary/aromatic N) is 1. The molecule has 0 saturated carbocycles. The van der Waals surface area contributed by atoms with Crippen molar-refractivity contribution in [3.8, 4) is 0 Å². The van der Waals surface area contributed by atoms with Crippen molar-refractivity contribution in [2.24, 2.45) is 11.7 Å². The zero-order valence-corrected chi connectivity index (χ0v) is 13.2. The van der Waals surface area contributed by atoms with Crippen LogP contribution in [0.15, 0.2) is 18.2 Å². The molecule has 4 heteroatoms. The zero-order valence-electron chi connectivity index (χ0n) is 13.2. The lowest BCUT2D eigenvalue weighted by atomic mass is 9.98. The second kappa shape index (κ2) is 7.46. The molecule has 116 valence electrons. The number of primary amides is 1. The van der Waals surface area contributed by atoms with Gasteiger partial charge in [-0.3, -0.25) is 4.79 Å². The molecule has 1 heterocycles. The number of hydrogen-bond acceptors (Lipinski definition) is 3. The van der Waals surface area contributed by atoms with Crippen molar-refractivity contribution in [1.82, 2.24) is 5.32 Å². The summed E-state index contributed by atoms with van der Waals surface area (Å²) < 4.78 is 0. The van der Waals surface area contributed by atoms with E-state index in [9.17, 15) is 4.79 Å². The van der Waals surface area contributed by atoms with E-state index in [0.29, 0.717) is 11.5 Å². The number of piperidine rings is 1. The molecule has 1 aromatic carbocycles. The Morgan fingerprint density at radius 1 is 1.48 bits per heavy atom. The number of carbonyl (C=O) groups is 1. The minimum absolute atomic E-state index is 0.340. The van der Waals surface area contributed by atoms with Crippen LogP contribution in [0.2, 0.25) is 0 Å². The number of rotatable bonds is 6. The van der Waals surface area contributed by atoms with Crippen LogP contribution in [0, 0.1) is 12.8 Å². The largest absolute Gasteiger partial charge is 0.371 e. The molecule has 21 heavy (non-hydrogen) atoms. The van der Waals surface area contributed by atoms with E-state index in [0.717, 1.165) is 43.9 Å². The number of hydrogen-bond donors (Lipinski definition) is 2. The Morgan fingerprint density at radius 2 is 2.29 bits per heavy atom. The lowest BCUT2D eigenvalue weighted by molar-refractivity contribution is 0.100. The number of benzene rings is 1. The highest BCUT2D eigenvalue weighted by molar-refractivity contribution is 5.98. The molecular formula is C17H27N3O. The predicted octanol–water partition coefficient (Wildman–Crippen LogP) is 2.31. The lowest BCUT2D eigenvalue weighted by Crippen LogP contribution is -2.39. The number of nitrogens with one attached hydrogen (secondary N) is 1. The maximum atomic E-state index is 11.7. The van der Waals surface area contributed by atoms with Crippen molar-refractivity contribution in [3.05, 3.63) is 29.3 Å². The van der Waals surface area contributed by atoms with Gasteiger partial charge in [-0.1, -0.05) is 13.0 Å². The summed E-state index contributed by atoms with van der Waals surface area (Å²) in [7, 11) is 0. The lowest BCUT2D eigenvalue weighted by Gasteiger charge is -2.32. The molecule has 1 aliphatic heterocycles. The van der Waals surface area contributed by atoms with Gasteiger partial charge in [0.05, 0.1) is 5.56 Å². The summed E-state index contributed by atoms with van der Waals surface area (Å²) in [5.74, 6) is 0.305. The average Bonchev–Trinajstić information content (AvgIpc) is 2.47. The fourth-order valence-corrected chi connectivity index (χ4v) is 3.08. The Labute approximate surface area is 127 Å². The number of nitrogens with two attached hydrogens (primary N) is 1. The molecule has 0 bridgehead atoms. The monoisotopic (exact) mass is 289 g/mol. The maximum absolute atomic E-state index is 11.7. The van der Waals surface area contributed by atoms with Crippen LogP contribution in [-0.2, 0) is 0 Å². The molecule has 1 unspecified atom stereocenters. The van der Waals surface area contributed by atoms with Crippen molar-refractivity contribution in [1.29, 1.82) is 0 Å². The third-order valence-corrected chi connectivity index (χ3v) is 4.13. The van der Waals surface area contributed by atoms with Crippen molar-refractivity contribution in [3.63, 3.8) is 0 Å².